The van der Waals surface area contributed by atoms with Gasteiger partial charge in [0.05, 0.1) is 52.9 Å². The fourth-order valence-electron chi connectivity index (χ4n) is 3.18. The monoisotopic (exact) mass is 604 g/mol. The highest BCUT2D eigenvalue weighted by Gasteiger charge is 2.33. The molecule has 0 saturated carbocycles. The van der Waals surface area contributed by atoms with Crippen molar-refractivity contribution in [3.8, 4) is 0 Å². The van der Waals surface area contributed by atoms with E-state index in [-0.39, 0.29) is 5.41 Å². The maximum Gasteiger partial charge on any atom is 0.0593 e. The van der Waals surface area contributed by atoms with Crippen LogP contribution in [-0.2, 0) is 18.9 Å². The van der Waals surface area contributed by atoms with E-state index in [2.05, 4.69) is 35.3 Å². The van der Waals surface area contributed by atoms with Crippen LogP contribution in [0.15, 0.2) is 0 Å². The highest BCUT2D eigenvalue weighted by molar-refractivity contribution is 8.07. The van der Waals surface area contributed by atoms with E-state index >= 15 is 0 Å². The van der Waals surface area contributed by atoms with Gasteiger partial charge in [-0.2, -0.15) is 82.3 Å². The molecule has 0 spiro atoms. The molecule has 4 heterocycles. The molecule has 0 aliphatic carbocycles. The van der Waals surface area contributed by atoms with Crippen LogP contribution in [0.2, 0.25) is 0 Å². The Bertz CT molecular complexity index is 486. The van der Waals surface area contributed by atoms with Crippen molar-refractivity contribution < 1.29 is 18.9 Å². The van der Waals surface area contributed by atoms with Crippen LogP contribution in [0.3, 0.4) is 0 Å². The lowest BCUT2D eigenvalue weighted by molar-refractivity contribution is 0.0830. The van der Waals surface area contributed by atoms with Gasteiger partial charge in [-0.3, -0.25) is 0 Å². The zero-order valence-corrected chi connectivity index (χ0v) is 25.7. The number of hydrogen-bond acceptors (Lipinski definition) is 11. The summed E-state index contributed by atoms with van der Waals surface area (Å²) in [6, 6.07) is 0. The van der Waals surface area contributed by atoms with Gasteiger partial charge in [0.25, 0.3) is 0 Å². The van der Waals surface area contributed by atoms with Gasteiger partial charge in [0, 0.05) is 83.9 Å². The van der Waals surface area contributed by atoms with Gasteiger partial charge in [-0.25, -0.2) is 0 Å². The summed E-state index contributed by atoms with van der Waals surface area (Å²) >= 11 is 14.2. The lowest BCUT2D eigenvalue weighted by atomic mass is 9.97. The van der Waals surface area contributed by atoms with Gasteiger partial charge in [-0.15, -0.1) is 0 Å². The van der Waals surface area contributed by atoms with Crippen molar-refractivity contribution >= 4 is 82.3 Å². The molecule has 4 unspecified atom stereocenters. The van der Waals surface area contributed by atoms with Gasteiger partial charge in [0.15, 0.2) is 0 Å². The molecule has 0 radical (unpaired) electrons. The van der Waals surface area contributed by atoms with Crippen LogP contribution in [0, 0.1) is 5.41 Å². The fourth-order valence-corrected chi connectivity index (χ4v) is 8.57. The summed E-state index contributed by atoms with van der Waals surface area (Å²) in [5.74, 6) is 11.8. The molecule has 4 atom stereocenters. The fraction of sp³-hybridized carbons (Fsp3) is 1.00. The van der Waals surface area contributed by atoms with Crippen LogP contribution in [0.25, 0.3) is 0 Å². The molecule has 198 valence electrons. The second-order valence-electron chi connectivity index (χ2n) is 9.22. The molecule has 0 aromatic heterocycles. The normalized spacial score (nSPS) is 28.6. The first kappa shape index (κ1) is 29.3. The topological polar surface area (TPSA) is 36.9 Å². The van der Waals surface area contributed by atoms with Gasteiger partial charge in [0.1, 0.15) is 0 Å². The largest absolute Gasteiger partial charge is 0.380 e. The van der Waals surface area contributed by atoms with Gasteiger partial charge in [-0.1, -0.05) is 0 Å². The average molecular weight is 605 g/mol. The third kappa shape index (κ3) is 14.4. The first-order valence-electron chi connectivity index (χ1n) is 12.3. The summed E-state index contributed by atoms with van der Waals surface area (Å²) < 4.78 is 23.9. The molecule has 4 fully saturated rings. The van der Waals surface area contributed by atoms with Gasteiger partial charge >= 0.3 is 0 Å². The maximum absolute atomic E-state index is 6.31. The smallest absolute Gasteiger partial charge is 0.0593 e. The Morgan fingerprint density at radius 3 is 1.18 bits per heavy atom. The standard InChI is InChI=1S/C23H40O4S7/c1(24-7-19-11-31-19)4-28-16-23(15-27-10-22-14-34-22,17-29-5-2-25-8-20-12-32-20)18-30-6-3-26-9-21-13-33-21/h19-22H,1-18H2. The van der Waals surface area contributed by atoms with Crippen molar-refractivity contribution in [3.05, 3.63) is 0 Å². The molecule has 0 bridgehead atoms. The van der Waals surface area contributed by atoms with Crippen molar-refractivity contribution in [1.29, 1.82) is 0 Å². The second kappa shape index (κ2) is 17.1. The van der Waals surface area contributed by atoms with Gasteiger partial charge in [0.2, 0.25) is 0 Å². The molecule has 11 heteroatoms. The lowest BCUT2D eigenvalue weighted by Gasteiger charge is -2.33. The van der Waals surface area contributed by atoms with Crippen LogP contribution in [0.4, 0.5) is 0 Å². The van der Waals surface area contributed by atoms with E-state index < -0.39 is 0 Å². The lowest BCUT2D eigenvalue weighted by Crippen LogP contribution is -2.37. The number of ether oxygens (including phenoxy) is 4. The summed E-state index contributed by atoms with van der Waals surface area (Å²) in [6.07, 6.45) is 0. The average Bonchev–Trinajstić information content (AvgIpc) is 3.66. The number of rotatable bonds is 25. The second-order valence-corrected chi connectivity index (χ2v) is 17.9. The van der Waals surface area contributed by atoms with Crippen LogP contribution in [-0.4, -0.2) is 131 Å². The Morgan fingerprint density at radius 2 is 0.853 bits per heavy atom. The molecule has 4 saturated heterocycles. The summed E-state index contributed by atoms with van der Waals surface area (Å²) in [7, 11) is 0. The van der Waals surface area contributed by atoms with Gasteiger partial charge < -0.3 is 18.9 Å². The molecular weight excluding hydrogens is 565 g/mol. The molecule has 0 amide bonds. The minimum absolute atomic E-state index is 0.199. The quantitative estimate of drug-likeness (QED) is 0.108. The van der Waals surface area contributed by atoms with Crippen molar-refractivity contribution in [2.45, 2.75) is 21.0 Å². The van der Waals surface area contributed by atoms with Crippen LogP contribution in [0.1, 0.15) is 0 Å². The molecule has 4 aliphatic heterocycles. The van der Waals surface area contributed by atoms with Crippen LogP contribution < -0.4 is 0 Å². The minimum Gasteiger partial charge on any atom is -0.380 e. The zero-order chi connectivity index (χ0) is 23.3. The summed E-state index contributed by atoms with van der Waals surface area (Å²) in [5.41, 5.74) is 0.199. The molecule has 4 aliphatic rings. The summed E-state index contributed by atoms with van der Waals surface area (Å²) in [6.45, 7) is 7.21. The van der Waals surface area contributed by atoms with Gasteiger partial charge in [-0.05, 0) is 0 Å². The predicted molar refractivity (Wildman–Crippen MR) is 163 cm³/mol. The first-order valence-corrected chi connectivity index (χ1v) is 20.0. The molecule has 4 nitrogen and oxygen atoms in total. The SMILES string of the molecule is C(CSCC(COCC1CS1)(CSCCOCC1CS1)CSCCOCC1CS1)OCC1CS1. The highest BCUT2D eigenvalue weighted by Crippen LogP contribution is 2.35. The van der Waals surface area contributed by atoms with E-state index in [9.17, 15) is 0 Å². The van der Waals surface area contributed by atoms with Crippen molar-refractivity contribution in [2.24, 2.45) is 5.41 Å². The van der Waals surface area contributed by atoms with Crippen molar-refractivity contribution in [3.63, 3.8) is 0 Å². The Kier molecular flexibility index (Phi) is 14.7. The molecule has 0 aromatic carbocycles. The Hall–Kier alpha value is 2.29. The van der Waals surface area contributed by atoms with E-state index in [0.717, 1.165) is 108 Å². The highest BCUT2D eigenvalue weighted by atomic mass is 32.2. The Morgan fingerprint density at radius 1 is 0.529 bits per heavy atom. The Balaban J connectivity index is 1.17. The number of hydrogen-bond donors (Lipinski definition) is 0. The summed E-state index contributed by atoms with van der Waals surface area (Å²) in [5, 5.41) is 3.05. The molecule has 0 aromatic rings. The maximum atomic E-state index is 6.31. The van der Waals surface area contributed by atoms with Crippen molar-refractivity contribution in [1.82, 2.24) is 0 Å². The molecule has 4 rings (SSSR count). The third-order valence-electron chi connectivity index (χ3n) is 5.57. The van der Waals surface area contributed by atoms with E-state index in [1.165, 1.54) is 23.0 Å². The van der Waals surface area contributed by atoms with E-state index in [1.54, 1.807) is 0 Å². The van der Waals surface area contributed by atoms with E-state index in [0.29, 0.717) is 0 Å². The molecule has 0 N–H and O–H groups in total. The molecular formula is C23H40O4S7. The minimum atomic E-state index is 0.199. The Labute approximate surface area is 236 Å². The van der Waals surface area contributed by atoms with Crippen LogP contribution >= 0.6 is 82.3 Å². The van der Waals surface area contributed by atoms with E-state index in [4.69, 9.17) is 18.9 Å². The number of thioether (sulfide) groups is 7. The zero-order valence-electron chi connectivity index (χ0n) is 20.0. The van der Waals surface area contributed by atoms with Crippen LogP contribution in [0.5, 0.6) is 0 Å². The summed E-state index contributed by atoms with van der Waals surface area (Å²) in [4.78, 5) is 0. The third-order valence-corrected chi connectivity index (χ3v) is 13.2. The first-order chi connectivity index (χ1) is 16.8. The predicted octanol–water partition coefficient (Wildman–Crippen LogP) is 4.70. The van der Waals surface area contributed by atoms with E-state index in [1.807, 2.05) is 47.0 Å². The molecule has 34 heavy (non-hydrogen) atoms. The van der Waals surface area contributed by atoms with Crippen molar-refractivity contribution in [2.75, 3.05) is 110 Å².